The molecule has 0 saturated carbocycles. The topological polar surface area (TPSA) is 110 Å². The fourth-order valence-corrected chi connectivity index (χ4v) is 3.69. The summed E-state index contributed by atoms with van der Waals surface area (Å²) in [4.78, 5) is 38.8. The first-order chi connectivity index (χ1) is 16.8. The summed E-state index contributed by atoms with van der Waals surface area (Å²) in [6.45, 7) is 0.268. The van der Waals surface area contributed by atoms with Crippen molar-refractivity contribution < 1.29 is 14.5 Å². The Hall–Kier alpha value is -4.79. The van der Waals surface area contributed by atoms with E-state index in [1.807, 2.05) is 36.5 Å². The van der Waals surface area contributed by atoms with Crippen molar-refractivity contribution in [1.29, 1.82) is 0 Å². The fourth-order valence-electron chi connectivity index (χ4n) is 3.69. The lowest BCUT2D eigenvalue weighted by molar-refractivity contribution is -0.384. The molecule has 0 aliphatic heterocycles. The standard InChI is InChI=1S/C26H23N5O4/c1-29(2)23-13-10-19(16-24(23)31(34)35)25(32)21-6-3-4-7-22(21)26(33)27-17-18-8-11-20(12-9-18)30-15-5-14-28-30/h3-16H,17H2,1-2H3,(H,27,33). The molecule has 0 aliphatic rings. The van der Waals surface area contributed by atoms with E-state index in [1.165, 1.54) is 18.2 Å². The highest BCUT2D eigenvalue weighted by atomic mass is 16.6. The van der Waals surface area contributed by atoms with E-state index in [0.717, 1.165) is 11.3 Å². The molecule has 1 amide bonds. The second-order valence-corrected chi connectivity index (χ2v) is 8.03. The maximum Gasteiger partial charge on any atom is 0.293 e. The number of rotatable bonds is 8. The lowest BCUT2D eigenvalue weighted by atomic mass is 9.97. The van der Waals surface area contributed by atoms with Crippen LogP contribution in [0.25, 0.3) is 5.69 Å². The number of carbonyl (C=O) groups excluding carboxylic acids is 2. The third-order valence-electron chi connectivity index (χ3n) is 5.49. The van der Waals surface area contributed by atoms with Gasteiger partial charge in [-0.05, 0) is 42.0 Å². The number of anilines is 1. The first-order valence-electron chi connectivity index (χ1n) is 10.8. The fraction of sp³-hybridized carbons (Fsp3) is 0.115. The van der Waals surface area contributed by atoms with Gasteiger partial charge in [-0.25, -0.2) is 4.68 Å². The zero-order valence-corrected chi connectivity index (χ0v) is 19.2. The maximum absolute atomic E-state index is 13.2. The van der Waals surface area contributed by atoms with Crippen molar-refractivity contribution >= 4 is 23.1 Å². The lowest BCUT2D eigenvalue weighted by Gasteiger charge is -2.14. The summed E-state index contributed by atoms with van der Waals surface area (Å²) in [5.74, 6) is -0.878. The third-order valence-corrected chi connectivity index (χ3v) is 5.49. The number of nitro groups is 1. The quantitative estimate of drug-likeness (QED) is 0.237. The summed E-state index contributed by atoms with van der Waals surface area (Å²) < 4.78 is 1.74. The van der Waals surface area contributed by atoms with E-state index in [2.05, 4.69) is 10.4 Å². The van der Waals surface area contributed by atoms with Crippen LogP contribution >= 0.6 is 0 Å². The number of nitrogens with zero attached hydrogens (tertiary/aromatic N) is 4. The molecule has 4 rings (SSSR count). The van der Waals surface area contributed by atoms with Crippen LogP contribution in [0.4, 0.5) is 11.4 Å². The number of nitrogens with one attached hydrogen (secondary N) is 1. The van der Waals surface area contributed by atoms with Crippen LogP contribution in [0.2, 0.25) is 0 Å². The zero-order valence-electron chi connectivity index (χ0n) is 19.2. The van der Waals surface area contributed by atoms with Crippen LogP contribution < -0.4 is 10.2 Å². The number of benzene rings is 3. The van der Waals surface area contributed by atoms with Gasteiger partial charge in [-0.1, -0.05) is 30.3 Å². The summed E-state index contributed by atoms with van der Waals surface area (Å²) in [6.07, 6.45) is 3.54. The molecule has 0 bridgehead atoms. The molecule has 176 valence electrons. The molecule has 1 N–H and O–H groups in total. The summed E-state index contributed by atoms with van der Waals surface area (Å²) in [5, 5.41) is 18.5. The van der Waals surface area contributed by atoms with Gasteiger partial charge < -0.3 is 10.2 Å². The molecule has 4 aromatic rings. The van der Waals surface area contributed by atoms with E-state index in [-0.39, 0.29) is 28.9 Å². The Labute approximate surface area is 201 Å². The molecule has 0 atom stereocenters. The van der Waals surface area contributed by atoms with Gasteiger partial charge in [-0.2, -0.15) is 5.10 Å². The van der Waals surface area contributed by atoms with Crippen molar-refractivity contribution in [2.75, 3.05) is 19.0 Å². The van der Waals surface area contributed by atoms with Crippen LogP contribution in [0.15, 0.2) is 85.2 Å². The SMILES string of the molecule is CN(C)c1ccc(C(=O)c2ccccc2C(=O)NCc2ccc(-n3cccn3)cc2)cc1[N+](=O)[O-]. The predicted octanol–water partition coefficient (Wildman–Crippen LogP) is 4.01. The number of amides is 1. The Morgan fingerprint density at radius 1 is 1.00 bits per heavy atom. The van der Waals surface area contributed by atoms with Crippen molar-refractivity contribution in [2.24, 2.45) is 0 Å². The molecule has 0 saturated heterocycles. The van der Waals surface area contributed by atoms with Crippen LogP contribution in [0.5, 0.6) is 0 Å². The number of carbonyl (C=O) groups is 2. The molecule has 0 spiro atoms. The number of hydrogen-bond donors (Lipinski definition) is 1. The first kappa shape index (κ1) is 23.4. The second-order valence-electron chi connectivity index (χ2n) is 8.03. The highest BCUT2D eigenvalue weighted by Crippen LogP contribution is 2.29. The minimum Gasteiger partial charge on any atom is -0.372 e. The minimum atomic E-state index is -0.525. The summed E-state index contributed by atoms with van der Waals surface area (Å²) >= 11 is 0. The van der Waals surface area contributed by atoms with E-state index < -0.39 is 16.6 Å². The highest BCUT2D eigenvalue weighted by Gasteiger charge is 2.22. The van der Waals surface area contributed by atoms with Gasteiger partial charge in [0.1, 0.15) is 5.69 Å². The van der Waals surface area contributed by atoms with Crippen molar-refractivity contribution in [3.05, 3.63) is 118 Å². The summed E-state index contributed by atoms with van der Waals surface area (Å²) in [6, 6.07) is 20.1. The summed E-state index contributed by atoms with van der Waals surface area (Å²) in [7, 11) is 3.38. The van der Waals surface area contributed by atoms with E-state index in [0.29, 0.717) is 5.69 Å². The first-order valence-corrected chi connectivity index (χ1v) is 10.8. The van der Waals surface area contributed by atoms with E-state index in [9.17, 15) is 19.7 Å². The average Bonchev–Trinajstić information content (AvgIpc) is 3.42. The molecule has 1 heterocycles. The third kappa shape index (κ3) is 5.09. The van der Waals surface area contributed by atoms with Gasteiger partial charge in [0.25, 0.3) is 11.6 Å². The molecule has 9 nitrogen and oxygen atoms in total. The van der Waals surface area contributed by atoms with Gasteiger partial charge in [-0.3, -0.25) is 19.7 Å². The van der Waals surface area contributed by atoms with Gasteiger partial charge in [0.2, 0.25) is 0 Å². The Bertz CT molecular complexity index is 1380. The number of ketones is 1. The van der Waals surface area contributed by atoms with E-state index in [4.69, 9.17) is 0 Å². The van der Waals surface area contributed by atoms with Crippen molar-refractivity contribution in [1.82, 2.24) is 15.1 Å². The molecule has 0 fully saturated rings. The molecule has 35 heavy (non-hydrogen) atoms. The molecule has 0 aliphatic carbocycles. The average molecular weight is 470 g/mol. The normalized spacial score (nSPS) is 10.6. The molecule has 1 aromatic heterocycles. The molecule has 3 aromatic carbocycles. The second kappa shape index (κ2) is 10.0. The largest absolute Gasteiger partial charge is 0.372 e. The Kier molecular flexibility index (Phi) is 6.68. The van der Waals surface area contributed by atoms with Crippen molar-refractivity contribution in [2.45, 2.75) is 6.54 Å². The van der Waals surface area contributed by atoms with Gasteiger partial charge in [0, 0.05) is 50.2 Å². The number of hydrogen-bond acceptors (Lipinski definition) is 6. The van der Waals surface area contributed by atoms with Crippen LogP contribution in [-0.2, 0) is 6.54 Å². The lowest BCUT2D eigenvalue weighted by Crippen LogP contribution is -2.25. The van der Waals surface area contributed by atoms with Crippen molar-refractivity contribution in [3.63, 3.8) is 0 Å². The minimum absolute atomic E-state index is 0.136. The molecule has 9 heteroatoms. The monoisotopic (exact) mass is 469 g/mol. The molecular formula is C26H23N5O4. The molecular weight excluding hydrogens is 446 g/mol. The van der Waals surface area contributed by atoms with Gasteiger partial charge in [-0.15, -0.1) is 0 Å². The van der Waals surface area contributed by atoms with Crippen molar-refractivity contribution in [3.8, 4) is 5.69 Å². The molecule has 0 unspecified atom stereocenters. The number of aromatic nitrogens is 2. The smallest absolute Gasteiger partial charge is 0.293 e. The number of nitro benzene ring substituents is 1. The maximum atomic E-state index is 13.2. The Morgan fingerprint density at radius 2 is 1.71 bits per heavy atom. The van der Waals surface area contributed by atoms with Gasteiger partial charge >= 0.3 is 0 Å². The predicted molar refractivity (Wildman–Crippen MR) is 132 cm³/mol. The van der Waals surface area contributed by atoms with Gasteiger partial charge in [0.05, 0.1) is 16.2 Å². The Balaban J connectivity index is 1.53. The Morgan fingerprint density at radius 3 is 2.34 bits per heavy atom. The van der Waals surface area contributed by atoms with Gasteiger partial charge in [0.15, 0.2) is 5.78 Å². The van der Waals surface area contributed by atoms with Crippen LogP contribution in [-0.4, -0.2) is 40.5 Å². The van der Waals surface area contributed by atoms with E-state index in [1.54, 1.807) is 54.1 Å². The van der Waals surface area contributed by atoms with Crippen LogP contribution in [0.3, 0.4) is 0 Å². The molecule has 0 radical (unpaired) electrons. The summed E-state index contributed by atoms with van der Waals surface area (Å²) in [5.41, 5.74) is 2.49. The highest BCUT2D eigenvalue weighted by molar-refractivity contribution is 6.15. The van der Waals surface area contributed by atoms with Crippen LogP contribution in [0, 0.1) is 10.1 Å². The zero-order chi connectivity index (χ0) is 24.9. The van der Waals surface area contributed by atoms with Crippen LogP contribution in [0.1, 0.15) is 31.8 Å². The van der Waals surface area contributed by atoms with E-state index >= 15 is 0 Å².